The molecule has 10 heteroatoms. The van der Waals surface area contributed by atoms with Crippen molar-refractivity contribution in [3.63, 3.8) is 0 Å². The predicted molar refractivity (Wildman–Crippen MR) is 138 cm³/mol. The van der Waals surface area contributed by atoms with E-state index in [1.807, 2.05) is 54.7 Å². The molecule has 3 aromatic rings. The molecule has 0 radical (unpaired) electrons. The third-order valence-electron chi connectivity index (χ3n) is 8.12. The van der Waals surface area contributed by atoms with E-state index in [0.29, 0.717) is 0 Å². The van der Waals surface area contributed by atoms with Gasteiger partial charge in [0.05, 0.1) is 12.0 Å². The highest BCUT2D eigenvalue weighted by Crippen LogP contribution is 2.63. The Labute approximate surface area is 211 Å². The Morgan fingerprint density at radius 3 is 2.43 bits per heavy atom. The number of aliphatic hydroxyl groups excluding tert-OH is 2. The Hall–Kier alpha value is -2.66. The van der Waals surface area contributed by atoms with Crippen LogP contribution in [-0.4, -0.2) is 85.0 Å². The van der Waals surface area contributed by atoms with Crippen molar-refractivity contribution >= 4 is 51.9 Å². The molecule has 4 N–H and O–H groups in total. The zero-order chi connectivity index (χ0) is 24.8. The quantitative estimate of drug-likeness (QED) is 0.425. The Bertz CT molecular complexity index is 1370. The molecule has 0 bridgehead atoms. The summed E-state index contributed by atoms with van der Waals surface area (Å²) < 4.78 is 0. The first kappa shape index (κ1) is 22.8. The number of aliphatic hydroxyl groups is 2. The third kappa shape index (κ3) is 2.34. The molecule has 0 saturated carbocycles. The lowest BCUT2D eigenvalue weighted by atomic mass is 9.70. The fourth-order valence-electron chi connectivity index (χ4n) is 6.41. The van der Waals surface area contributed by atoms with Crippen LogP contribution in [0.15, 0.2) is 54.7 Å². The first-order valence-electron chi connectivity index (χ1n) is 11.3. The van der Waals surface area contributed by atoms with E-state index < -0.39 is 45.8 Å². The first-order valence-corrected chi connectivity index (χ1v) is 13.7. The van der Waals surface area contributed by atoms with Crippen LogP contribution in [-0.2, 0) is 15.0 Å². The van der Waals surface area contributed by atoms with E-state index in [-0.39, 0.29) is 0 Å². The topological polar surface area (TPSA) is 109 Å². The van der Waals surface area contributed by atoms with E-state index in [2.05, 4.69) is 10.3 Å². The number of amides is 2. The van der Waals surface area contributed by atoms with Gasteiger partial charge in [0.15, 0.2) is 9.74 Å². The molecule has 3 aliphatic heterocycles. The molecule has 1 aromatic heterocycles. The fourth-order valence-corrected chi connectivity index (χ4v) is 8.28. The van der Waals surface area contributed by atoms with Crippen molar-refractivity contribution in [3.05, 3.63) is 65.9 Å². The second-order valence-electron chi connectivity index (χ2n) is 9.20. The third-order valence-corrected chi connectivity index (χ3v) is 10.6. The van der Waals surface area contributed by atoms with E-state index in [1.165, 1.54) is 16.8 Å². The van der Waals surface area contributed by atoms with Gasteiger partial charge < -0.3 is 25.4 Å². The monoisotopic (exact) mass is 510 g/mol. The number of para-hydroxylation sites is 2. The van der Waals surface area contributed by atoms with Gasteiger partial charge >= 0.3 is 0 Å². The minimum Gasteiger partial charge on any atom is -0.392 e. The maximum atomic E-state index is 14.3. The Morgan fingerprint density at radius 1 is 1.00 bits per heavy atom. The maximum Gasteiger partial charge on any atom is 0.264 e. The Kier molecular flexibility index (Phi) is 4.83. The summed E-state index contributed by atoms with van der Waals surface area (Å²) in [6.45, 7) is -0.536. The highest BCUT2D eigenvalue weighted by atomic mass is 32.2. The number of piperazine rings is 1. The summed E-state index contributed by atoms with van der Waals surface area (Å²) in [5.41, 5.74) is 2.21. The van der Waals surface area contributed by atoms with Crippen LogP contribution in [0.25, 0.3) is 10.9 Å². The first-order chi connectivity index (χ1) is 16.9. The van der Waals surface area contributed by atoms with Gasteiger partial charge in [-0.05, 0) is 35.8 Å². The SMILES string of the molecule is CS[C@@]1(CO)C(=O)N2[C@H]3Nc4ccccc4[C@@]3(c3c[nH]c4ccccc34)[C@H](O)[C@]2(SC)C(=O)N1C. The molecule has 0 spiro atoms. The van der Waals surface area contributed by atoms with Crippen LogP contribution in [0.4, 0.5) is 5.69 Å². The number of hydrogen-bond donors (Lipinski definition) is 4. The number of aromatic amines is 1. The molecule has 2 fully saturated rings. The number of aromatic nitrogens is 1. The van der Waals surface area contributed by atoms with Gasteiger partial charge in [0, 0.05) is 29.8 Å². The standard InChI is InChI=1S/C25H26N4O4S2/c1-28-22(33)25(35-3)19(31)24(16-12-26-17-10-6-4-8-14(16)17)15-9-5-7-11-18(15)27-20(24)29(25)21(32)23(28,13-30)34-2/h4-12,19-20,26-27,30-31H,13H2,1-3H3/t19-,20+,23-,24+,25-/m0/s1. The summed E-state index contributed by atoms with van der Waals surface area (Å²) in [6.07, 6.45) is 3.31. The molecule has 2 amide bonds. The second-order valence-corrected chi connectivity index (χ2v) is 11.3. The summed E-state index contributed by atoms with van der Waals surface area (Å²) in [7, 11) is 1.53. The van der Waals surface area contributed by atoms with Crippen molar-refractivity contribution in [2.45, 2.75) is 27.4 Å². The van der Waals surface area contributed by atoms with Crippen molar-refractivity contribution in [2.24, 2.45) is 0 Å². The van der Waals surface area contributed by atoms with Crippen LogP contribution < -0.4 is 5.32 Å². The number of hydrogen-bond acceptors (Lipinski definition) is 7. The minimum absolute atomic E-state index is 0.407. The number of fused-ring (bicyclic) bond motifs is 6. The molecular weight excluding hydrogens is 484 g/mol. The van der Waals surface area contributed by atoms with Crippen LogP contribution in [0.1, 0.15) is 11.1 Å². The van der Waals surface area contributed by atoms with Crippen LogP contribution in [0, 0.1) is 0 Å². The summed E-state index contributed by atoms with van der Waals surface area (Å²) in [4.78, 5) is 31.5. The number of nitrogens with one attached hydrogen (secondary N) is 2. The van der Waals surface area contributed by atoms with E-state index in [1.54, 1.807) is 12.5 Å². The molecule has 3 aliphatic rings. The van der Waals surface area contributed by atoms with Gasteiger partial charge in [-0.25, -0.2) is 0 Å². The molecular formula is C25H26N4O4S2. The van der Waals surface area contributed by atoms with E-state index in [0.717, 1.165) is 51.2 Å². The molecule has 0 unspecified atom stereocenters. The van der Waals surface area contributed by atoms with Gasteiger partial charge in [-0.15, -0.1) is 23.5 Å². The predicted octanol–water partition coefficient (Wildman–Crippen LogP) is 1.99. The van der Waals surface area contributed by atoms with Crippen molar-refractivity contribution in [3.8, 4) is 0 Å². The average Bonchev–Trinajstić information content (AvgIpc) is 3.52. The zero-order valence-electron chi connectivity index (χ0n) is 19.5. The Balaban J connectivity index is 1.71. The van der Waals surface area contributed by atoms with Gasteiger partial charge in [0.25, 0.3) is 11.8 Å². The molecule has 182 valence electrons. The molecule has 0 aliphatic carbocycles. The highest BCUT2D eigenvalue weighted by molar-refractivity contribution is 8.01. The largest absolute Gasteiger partial charge is 0.392 e. The van der Waals surface area contributed by atoms with Gasteiger partial charge in [0.2, 0.25) is 0 Å². The molecule has 35 heavy (non-hydrogen) atoms. The molecule has 5 atom stereocenters. The van der Waals surface area contributed by atoms with Crippen molar-refractivity contribution in [1.82, 2.24) is 14.8 Å². The number of rotatable bonds is 4. The molecule has 8 nitrogen and oxygen atoms in total. The zero-order valence-corrected chi connectivity index (χ0v) is 21.1. The van der Waals surface area contributed by atoms with E-state index in [9.17, 15) is 19.8 Å². The summed E-state index contributed by atoms with van der Waals surface area (Å²) in [5, 5.41) is 27.2. The lowest BCUT2D eigenvalue weighted by Gasteiger charge is -2.53. The van der Waals surface area contributed by atoms with Crippen molar-refractivity contribution < 1.29 is 19.8 Å². The average molecular weight is 511 g/mol. The number of carbonyl (C=O) groups is 2. The van der Waals surface area contributed by atoms with Gasteiger partial charge in [-0.3, -0.25) is 14.5 Å². The minimum atomic E-state index is -1.58. The summed E-state index contributed by atoms with van der Waals surface area (Å²) in [6, 6.07) is 15.5. The molecule has 2 saturated heterocycles. The van der Waals surface area contributed by atoms with Crippen molar-refractivity contribution in [2.75, 3.05) is 31.5 Å². The number of anilines is 1. The number of benzene rings is 2. The lowest BCUT2D eigenvalue weighted by molar-refractivity contribution is -0.168. The van der Waals surface area contributed by atoms with Crippen LogP contribution in [0.5, 0.6) is 0 Å². The smallest absolute Gasteiger partial charge is 0.264 e. The summed E-state index contributed by atoms with van der Waals surface area (Å²) >= 11 is 2.29. The van der Waals surface area contributed by atoms with E-state index >= 15 is 0 Å². The highest BCUT2D eigenvalue weighted by Gasteiger charge is 2.79. The van der Waals surface area contributed by atoms with Crippen LogP contribution in [0.2, 0.25) is 0 Å². The second kappa shape index (κ2) is 7.42. The number of carbonyl (C=O) groups excluding carboxylic acids is 2. The van der Waals surface area contributed by atoms with Crippen LogP contribution >= 0.6 is 23.5 Å². The number of H-pyrrole nitrogens is 1. The number of thioether (sulfide) groups is 2. The molecule has 4 heterocycles. The Morgan fingerprint density at radius 2 is 1.71 bits per heavy atom. The van der Waals surface area contributed by atoms with Gasteiger partial charge in [0.1, 0.15) is 12.3 Å². The molecule has 6 rings (SSSR count). The van der Waals surface area contributed by atoms with E-state index in [4.69, 9.17) is 0 Å². The van der Waals surface area contributed by atoms with Gasteiger partial charge in [-0.2, -0.15) is 0 Å². The number of nitrogens with zero attached hydrogens (tertiary/aromatic N) is 2. The van der Waals surface area contributed by atoms with Gasteiger partial charge in [-0.1, -0.05) is 36.4 Å². The number of likely N-dealkylation sites (N-methyl/N-ethyl adjacent to an activating group) is 1. The maximum absolute atomic E-state index is 14.3. The molecule has 2 aromatic carbocycles. The van der Waals surface area contributed by atoms with Crippen molar-refractivity contribution in [1.29, 1.82) is 0 Å². The van der Waals surface area contributed by atoms with Crippen LogP contribution in [0.3, 0.4) is 0 Å². The summed E-state index contributed by atoms with van der Waals surface area (Å²) in [5.74, 6) is -0.816. The fraction of sp³-hybridized carbons (Fsp3) is 0.360. The normalized spacial score (nSPS) is 33.6. The lowest BCUT2D eigenvalue weighted by Crippen LogP contribution is -2.76.